The van der Waals surface area contributed by atoms with Crippen LogP contribution in [0.5, 0.6) is 0 Å². The molecule has 1 aromatic carbocycles. The zero-order chi connectivity index (χ0) is 15.7. The number of hydrogen-bond donors (Lipinski definition) is 2. The van der Waals surface area contributed by atoms with Crippen molar-refractivity contribution in [1.82, 2.24) is 15.1 Å². The van der Waals surface area contributed by atoms with Gasteiger partial charge in [0.05, 0.1) is 17.8 Å². The maximum absolute atomic E-state index is 13.8. The molecular weight excluding hydrogens is 387 g/mol. The first kappa shape index (κ1) is 17.9. The van der Waals surface area contributed by atoms with Crippen LogP contribution in [-0.2, 0) is 11.8 Å². The second-order valence-electron chi connectivity index (χ2n) is 5.43. The first-order valence-corrected chi connectivity index (χ1v) is 7.79. The van der Waals surface area contributed by atoms with Crippen LogP contribution in [0.1, 0.15) is 11.5 Å². The van der Waals surface area contributed by atoms with Crippen molar-refractivity contribution in [3.05, 3.63) is 46.4 Å². The lowest BCUT2D eigenvalue weighted by Crippen LogP contribution is -2.28. The smallest absolute Gasteiger partial charge is 0.229 e. The largest absolute Gasteiger partial charge is 0.323 e. The summed E-state index contributed by atoms with van der Waals surface area (Å²) in [6.07, 6.45) is 3.69. The first-order chi connectivity index (χ1) is 10.5. The van der Waals surface area contributed by atoms with E-state index in [2.05, 4.69) is 31.7 Å². The van der Waals surface area contributed by atoms with Crippen molar-refractivity contribution >= 4 is 39.9 Å². The zero-order valence-corrected chi connectivity index (χ0v) is 14.8. The van der Waals surface area contributed by atoms with Crippen molar-refractivity contribution in [1.29, 1.82) is 0 Å². The van der Waals surface area contributed by atoms with Crippen molar-refractivity contribution in [3.8, 4) is 0 Å². The summed E-state index contributed by atoms with van der Waals surface area (Å²) in [5, 5.41) is 10.1. The molecule has 5 nitrogen and oxygen atoms in total. The highest BCUT2D eigenvalue weighted by atomic mass is 79.9. The van der Waals surface area contributed by atoms with Gasteiger partial charge in [-0.05, 0) is 23.8 Å². The number of aromatic nitrogens is 2. The molecule has 124 valence electrons. The Balaban J connectivity index is 0.00000192. The molecule has 3 rings (SSSR count). The number of amides is 1. The Bertz CT molecular complexity index is 709. The predicted octanol–water partition coefficient (Wildman–Crippen LogP) is 2.69. The van der Waals surface area contributed by atoms with Gasteiger partial charge in [-0.3, -0.25) is 9.48 Å². The molecule has 0 bridgehead atoms. The molecule has 0 radical (unpaired) electrons. The normalized spacial score (nSPS) is 20.1. The summed E-state index contributed by atoms with van der Waals surface area (Å²) < 4.78 is 16.2. The highest BCUT2D eigenvalue weighted by Gasteiger charge is 2.34. The van der Waals surface area contributed by atoms with Gasteiger partial charge in [-0.25, -0.2) is 4.39 Å². The van der Waals surface area contributed by atoms with E-state index in [-0.39, 0.29) is 35.8 Å². The summed E-state index contributed by atoms with van der Waals surface area (Å²) in [6, 6.07) is 4.59. The Kier molecular flexibility index (Phi) is 5.78. The Morgan fingerprint density at radius 1 is 1.48 bits per heavy atom. The van der Waals surface area contributed by atoms with Gasteiger partial charge in [-0.2, -0.15) is 5.10 Å². The summed E-state index contributed by atoms with van der Waals surface area (Å²) in [7, 11) is 1.85. The average molecular weight is 404 g/mol. The van der Waals surface area contributed by atoms with Crippen LogP contribution in [0.2, 0.25) is 0 Å². The number of rotatable bonds is 3. The molecule has 1 aromatic heterocycles. The van der Waals surface area contributed by atoms with Gasteiger partial charge in [-0.1, -0.05) is 15.9 Å². The van der Waals surface area contributed by atoms with E-state index in [9.17, 15) is 9.18 Å². The molecule has 23 heavy (non-hydrogen) atoms. The van der Waals surface area contributed by atoms with Crippen LogP contribution < -0.4 is 10.6 Å². The minimum absolute atomic E-state index is 0. The fourth-order valence-corrected chi connectivity index (χ4v) is 3.09. The second kappa shape index (κ2) is 7.42. The second-order valence-corrected chi connectivity index (χ2v) is 6.35. The lowest BCUT2D eigenvalue weighted by atomic mass is 9.90. The number of anilines is 1. The standard InChI is InChI=1S/C15H16BrFN4O.ClH/c1-21-8-9(5-19-21)11-6-18-7-12(11)15(22)20-14-3-2-10(16)4-13(14)17;/h2-5,8,11-12,18H,6-7H2,1H3,(H,20,22);1H/t11-,12+;/m1./s1. The average Bonchev–Trinajstić information content (AvgIpc) is 3.10. The molecule has 1 saturated heterocycles. The number of nitrogens with one attached hydrogen (secondary N) is 2. The topological polar surface area (TPSA) is 59.0 Å². The maximum Gasteiger partial charge on any atom is 0.229 e. The lowest BCUT2D eigenvalue weighted by Gasteiger charge is -2.17. The summed E-state index contributed by atoms with van der Waals surface area (Å²) in [4.78, 5) is 12.5. The van der Waals surface area contributed by atoms with E-state index < -0.39 is 5.82 Å². The molecule has 2 heterocycles. The predicted molar refractivity (Wildman–Crippen MR) is 92.3 cm³/mol. The van der Waals surface area contributed by atoms with Crippen molar-refractivity contribution in [2.75, 3.05) is 18.4 Å². The van der Waals surface area contributed by atoms with E-state index in [4.69, 9.17) is 0 Å². The fourth-order valence-electron chi connectivity index (χ4n) is 2.75. The summed E-state index contributed by atoms with van der Waals surface area (Å²) >= 11 is 3.20. The molecule has 1 aliphatic heterocycles. The number of hydrogen-bond acceptors (Lipinski definition) is 3. The van der Waals surface area contributed by atoms with E-state index in [0.29, 0.717) is 17.6 Å². The van der Waals surface area contributed by atoms with Gasteiger partial charge in [0, 0.05) is 36.7 Å². The summed E-state index contributed by atoms with van der Waals surface area (Å²) in [5.41, 5.74) is 1.22. The van der Waals surface area contributed by atoms with Crippen molar-refractivity contribution < 1.29 is 9.18 Å². The molecule has 0 unspecified atom stereocenters. The van der Waals surface area contributed by atoms with Gasteiger partial charge in [0.1, 0.15) is 5.82 Å². The third kappa shape index (κ3) is 3.91. The van der Waals surface area contributed by atoms with E-state index >= 15 is 0 Å². The zero-order valence-electron chi connectivity index (χ0n) is 12.4. The van der Waals surface area contributed by atoms with Crippen molar-refractivity contribution in [2.24, 2.45) is 13.0 Å². The Morgan fingerprint density at radius 2 is 2.26 bits per heavy atom. The van der Waals surface area contributed by atoms with Gasteiger partial charge >= 0.3 is 0 Å². The minimum Gasteiger partial charge on any atom is -0.323 e. The molecule has 2 N–H and O–H groups in total. The minimum atomic E-state index is -0.452. The number of benzene rings is 1. The van der Waals surface area contributed by atoms with Gasteiger partial charge in [0.15, 0.2) is 0 Å². The van der Waals surface area contributed by atoms with Crippen LogP contribution in [0.4, 0.5) is 10.1 Å². The molecule has 1 fully saturated rings. The third-order valence-corrected chi connectivity index (χ3v) is 4.39. The number of carbonyl (C=O) groups is 1. The highest BCUT2D eigenvalue weighted by molar-refractivity contribution is 9.10. The van der Waals surface area contributed by atoms with Gasteiger partial charge in [0.25, 0.3) is 0 Å². The highest BCUT2D eigenvalue weighted by Crippen LogP contribution is 2.29. The number of aryl methyl sites for hydroxylation is 1. The van der Waals surface area contributed by atoms with Gasteiger partial charge < -0.3 is 10.6 Å². The molecule has 0 saturated carbocycles. The Hall–Kier alpha value is -1.44. The lowest BCUT2D eigenvalue weighted by molar-refractivity contribution is -0.119. The Morgan fingerprint density at radius 3 is 2.91 bits per heavy atom. The monoisotopic (exact) mass is 402 g/mol. The van der Waals surface area contributed by atoms with Crippen LogP contribution in [0.3, 0.4) is 0 Å². The number of nitrogens with zero attached hydrogens (tertiary/aromatic N) is 2. The molecule has 0 aliphatic carbocycles. The Labute approximate surface area is 148 Å². The molecule has 1 amide bonds. The summed E-state index contributed by atoms with van der Waals surface area (Å²) in [5.74, 6) is -0.828. The molecule has 8 heteroatoms. The van der Waals surface area contributed by atoms with Crippen molar-refractivity contribution in [3.63, 3.8) is 0 Å². The molecule has 2 aromatic rings. The van der Waals surface area contributed by atoms with E-state index in [0.717, 1.165) is 5.56 Å². The number of halogens is 3. The van der Waals surface area contributed by atoms with Crippen LogP contribution >= 0.6 is 28.3 Å². The molecule has 2 atom stereocenters. The van der Waals surface area contributed by atoms with Crippen LogP contribution in [0.25, 0.3) is 0 Å². The summed E-state index contributed by atoms with van der Waals surface area (Å²) in [6.45, 7) is 1.29. The van der Waals surface area contributed by atoms with Crippen molar-refractivity contribution in [2.45, 2.75) is 5.92 Å². The van der Waals surface area contributed by atoms with Crippen LogP contribution in [-0.4, -0.2) is 28.8 Å². The fraction of sp³-hybridized carbons (Fsp3) is 0.333. The van der Waals surface area contributed by atoms with E-state index in [1.165, 1.54) is 6.07 Å². The SMILES string of the molecule is Cl.Cn1cc([C@H]2CNC[C@@H]2C(=O)Nc2ccc(Br)cc2F)cn1. The van der Waals surface area contributed by atoms with E-state index in [1.807, 2.05) is 13.2 Å². The third-order valence-electron chi connectivity index (χ3n) is 3.89. The van der Waals surface area contributed by atoms with E-state index in [1.54, 1.807) is 23.0 Å². The quantitative estimate of drug-likeness (QED) is 0.828. The van der Waals surface area contributed by atoms with Crippen LogP contribution in [0.15, 0.2) is 35.1 Å². The van der Waals surface area contributed by atoms with Gasteiger partial charge in [-0.15, -0.1) is 12.4 Å². The number of carbonyl (C=O) groups excluding carboxylic acids is 1. The molecular formula is C15H17BrClFN4O. The maximum atomic E-state index is 13.8. The molecule has 0 spiro atoms. The van der Waals surface area contributed by atoms with Crippen LogP contribution in [0, 0.1) is 11.7 Å². The first-order valence-electron chi connectivity index (χ1n) is 7.00. The van der Waals surface area contributed by atoms with Gasteiger partial charge in [0.2, 0.25) is 5.91 Å². The molecule has 1 aliphatic rings.